The molecule has 2 rings (SSSR count). The molecule has 0 aliphatic carbocycles. The average molecular weight is 302 g/mol. The number of rotatable bonds is 6. The van der Waals surface area contributed by atoms with Crippen LogP contribution in [0.4, 0.5) is 5.13 Å². The Morgan fingerprint density at radius 3 is 2.78 bits per heavy atom. The van der Waals surface area contributed by atoms with Crippen LogP contribution in [0.25, 0.3) is 0 Å². The Hall–Kier alpha value is -0.980. The molecule has 1 aromatic heterocycles. The zero-order chi connectivity index (χ0) is 12.8. The highest BCUT2D eigenvalue weighted by atomic mass is 35.5. The minimum absolute atomic E-state index is 0.626. The van der Waals surface area contributed by atoms with E-state index in [9.17, 15) is 0 Å². The summed E-state index contributed by atoms with van der Waals surface area (Å²) in [6, 6.07) is 7.34. The highest BCUT2D eigenvalue weighted by Gasteiger charge is 2.02. The highest BCUT2D eigenvalue weighted by Crippen LogP contribution is 2.25. The smallest absolute Gasteiger partial charge is 0.206 e. The average Bonchev–Trinajstić information content (AvgIpc) is 2.85. The van der Waals surface area contributed by atoms with Gasteiger partial charge in [-0.25, -0.2) is 0 Å². The first-order valence-corrected chi connectivity index (χ1v) is 7.48. The number of ether oxygens (including phenoxy) is 1. The van der Waals surface area contributed by atoms with Gasteiger partial charge in [0.2, 0.25) is 5.13 Å². The standard InChI is InChI=1S/C11H12ClN3OS2/c1-13-10-14-15-11(18-10)17-7-6-16-9-4-2-8(12)3-5-9/h2-5H,6-7H2,1H3,(H,13,14). The molecule has 0 aliphatic heterocycles. The van der Waals surface area contributed by atoms with Gasteiger partial charge in [0.15, 0.2) is 4.34 Å². The summed E-state index contributed by atoms with van der Waals surface area (Å²) >= 11 is 8.96. The van der Waals surface area contributed by atoms with Gasteiger partial charge in [-0.1, -0.05) is 34.7 Å². The Balaban J connectivity index is 1.71. The summed E-state index contributed by atoms with van der Waals surface area (Å²) in [5.41, 5.74) is 0. The van der Waals surface area contributed by atoms with Crippen molar-refractivity contribution in [2.75, 3.05) is 24.7 Å². The molecular weight excluding hydrogens is 290 g/mol. The normalized spacial score (nSPS) is 10.3. The van der Waals surface area contributed by atoms with E-state index in [4.69, 9.17) is 16.3 Å². The predicted octanol–water partition coefficient (Wildman–Crippen LogP) is 3.40. The van der Waals surface area contributed by atoms with Gasteiger partial charge in [-0.3, -0.25) is 0 Å². The second-order valence-corrected chi connectivity index (χ2v) is 6.03. The van der Waals surface area contributed by atoms with Crippen LogP contribution in [0.5, 0.6) is 5.75 Å². The van der Waals surface area contributed by atoms with Gasteiger partial charge in [0.25, 0.3) is 0 Å². The molecule has 18 heavy (non-hydrogen) atoms. The van der Waals surface area contributed by atoms with Crippen molar-refractivity contribution >= 4 is 39.8 Å². The van der Waals surface area contributed by atoms with Gasteiger partial charge in [0.05, 0.1) is 6.61 Å². The van der Waals surface area contributed by atoms with Crippen molar-refractivity contribution in [1.82, 2.24) is 10.2 Å². The monoisotopic (exact) mass is 301 g/mol. The van der Waals surface area contributed by atoms with Crippen molar-refractivity contribution in [2.24, 2.45) is 0 Å². The summed E-state index contributed by atoms with van der Waals surface area (Å²) in [5, 5.41) is 12.5. The predicted molar refractivity (Wildman–Crippen MR) is 77.1 cm³/mol. The first-order chi connectivity index (χ1) is 8.78. The van der Waals surface area contributed by atoms with Gasteiger partial charge in [0, 0.05) is 17.8 Å². The summed E-state index contributed by atoms with van der Waals surface area (Å²) < 4.78 is 6.52. The van der Waals surface area contributed by atoms with Crippen LogP contribution in [-0.2, 0) is 0 Å². The number of nitrogens with zero attached hydrogens (tertiary/aromatic N) is 2. The molecule has 1 N–H and O–H groups in total. The Morgan fingerprint density at radius 2 is 2.11 bits per heavy atom. The van der Waals surface area contributed by atoms with Gasteiger partial charge >= 0.3 is 0 Å². The van der Waals surface area contributed by atoms with Crippen molar-refractivity contribution in [3.8, 4) is 5.75 Å². The van der Waals surface area contributed by atoms with Gasteiger partial charge in [0.1, 0.15) is 5.75 Å². The molecule has 0 saturated heterocycles. The molecular formula is C11H12ClN3OS2. The molecule has 1 aromatic carbocycles. The van der Waals surface area contributed by atoms with Gasteiger partial charge in [-0.05, 0) is 24.3 Å². The number of nitrogens with one attached hydrogen (secondary N) is 1. The molecule has 0 fully saturated rings. The van der Waals surface area contributed by atoms with E-state index in [0.29, 0.717) is 11.6 Å². The Bertz CT molecular complexity index is 489. The van der Waals surface area contributed by atoms with E-state index in [1.165, 1.54) is 11.3 Å². The molecule has 0 atom stereocenters. The quantitative estimate of drug-likeness (QED) is 0.654. The molecule has 0 unspecified atom stereocenters. The molecule has 0 amide bonds. The van der Waals surface area contributed by atoms with E-state index < -0.39 is 0 Å². The molecule has 96 valence electrons. The van der Waals surface area contributed by atoms with Crippen LogP contribution in [-0.4, -0.2) is 29.6 Å². The summed E-state index contributed by atoms with van der Waals surface area (Å²) in [4.78, 5) is 0. The number of hydrogen-bond donors (Lipinski definition) is 1. The lowest BCUT2D eigenvalue weighted by atomic mass is 10.3. The van der Waals surface area contributed by atoms with Crippen LogP contribution >= 0.6 is 34.7 Å². The van der Waals surface area contributed by atoms with Crippen molar-refractivity contribution in [3.63, 3.8) is 0 Å². The van der Waals surface area contributed by atoms with E-state index in [0.717, 1.165) is 21.0 Å². The fourth-order valence-corrected chi connectivity index (χ4v) is 2.91. The molecule has 0 aliphatic rings. The van der Waals surface area contributed by atoms with E-state index in [1.807, 2.05) is 31.3 Å². The van der Waals surface area contributed by atoms with E-state index >= 15 is 0 Å². The number of halogens is 1. The molecule has 0 radical (unpaired) electrons. The molecule has 7 heteroatoms. The van der Waals surface area contributed by atoms with Gasteiger partial charge in [-0.2, -0.15) is 0 Å². The maximum absolute atomic E-state index is 5.79. The van der Waals surface area contributed by atoms with Crippen LogP contribution in [0.3, 0.4) is 0 Å². The molecule has 0 saturated carbocycles. The van der Waals surface area contributed by atoms with Crippen LogP contribution < -0.4 is 10.1 Å². The van der Waals surface area contributed by atoms with Crippen molar-refractivity contribution < 1.29 is 4.74 Å². The SMILES string of the molecule is CNc1nnc(SCCOc2ccc(Cl)cc2)s1. The maximum Gasteiger partial charge on any atom is 0.206 e. The Kier molecular flexibility index (Phi) is 5.10. The second kappa shape index (κ2) is 6.82. The van der Waals surface area contributed by atoms with Crippen LogP contribution in [0.1, 0.15) is 0 Å². The lowest BCUT2D eigenvalue weighted by Gasteiger charge is -2.04. The highest BCUT2D eigenvalue weighted by molar-refractivity contribution is 8.01. The number of aromatic nitrogens is 2. The van der Waals surface area contributed by atoms with Crippen LogP contribution in [0.15, 0.2) is 28.6 Å². The van der Waals surface area contributed by atoms with Crippen LogP contribution in [0.2, 0.25) is 5.02 Å². The summed E-state index contributed by atoms with van der Waals surface area (Å²) in [6.07, 6.45) is 0. The number of thioether (sulfide) groups is 1. The minimum atomic E-state index is 0.626. The molecule has 0 bridgehead atoms. The van der Waals surface area contributed by atoms with E-state index in [1.54, 1.807) is 11.8 Å². The zero-order valence-corrected chi connectivity index (χ0v) is 12.1. The van der Waals surface area contributed by atoms with Gasteiger partial charge < -0.3 is 10.1 Å². The van der Waals surface area contributed by atoms with Crippen molar-refractivity contribution in [3.05, 3.63) is 29.3 Å². The Morgan fingerprint density at radius 1 is 1.33 bits per heavy atom. The first-order valence-electron chi connectivity index (χ1n) is 5.30. The zero-order valence-electron chi connectivity index (χ0n) is 9.72. The lowest BCUT2D eigenvalue weighted by molar-refractivity contribution is 0.344. The maximum atomic E-state index is 5.79. The third-order valence-corrected chi connectivity index (χ3v) is 4.30. The molecule has 2 aromatic rings. The minimum Gasteiger partial charge on any atom is -0.493 e. The van der Waals surface area contributed by atoms with Crippen molar-refractivity contribution in [1.29, 1.82) is 0 Å². The van der Waals surface area contributed by atoms with Gasteiger partial charge in [-0.15, -0.1) is 10.2 Å². The van der Waals surface area contributed by atoms with E-state index in [2.05, 4.69) is 15.5 Å². The third kappa shape index (κ3) is 4.04. The third-order valence-electron chi connectivity index (χ3n) is 2.01. The number of hydrogen-bond acceptors (Lipinski definition) is 6. The number of benzene rings is 1. The molecule has 4 nitrogen and oxygen atoms in total. The molecule has 0 spiro atoms. The van der Waals surface area contributed by atoms with Crippen molar-refractivity contribution in [2.45, 2.75) is 4.34 Å². The summed E-state index contributed by atoms with van der Waals surface area (Å²) in [6.45, 7) is 0.626. The largest absolute Gasteiger partial charge is 0.493 e. The number of anilines is 1. The lowest BCUT2D eigenvalue weighted by Crippen LogP contribution is -1.99. The fraction of sp³-hybridized carbons (Fsp3) is 0.273. The Labute approximate surface area is 119 Å². The van der Waals surface area contributed by atoms with Crippen LogP contribution in [0, 0.1) is 0 Å². The first kappa shape index (κ1) is 13.5. The fourth-order valence-electron chi connectivity index (χ4n) is 1.19. The molecule has 1 heterocycles. The second-order valence-electron chi connectivity index (χ2n) is 3.27. The topological polar surface area (TPSA) is 47.0 Å². The summed E-state index contributed by atoms with van der Waals surface area (Å²) in [7, 11) is 1.83. The summed E-state index contributed by atoms with van der Waals surface area (Å²) in [5.74, 6) is 1.66. The van der Waals surface area contributed by atoms with E-state index in [-0.39, 0.29) is 0 Å².